The molecule has 0 heterocycles. The number of carbonyl (C=O) groups excluding carboxylic acids is 3. The number of aliphatic hydroxyl groups excluding tert-OH is 2. The quantitative estimate of drug-likeness (QED) is 0.0146. The van der Waals surface area contributed by atoms with Crippen LogP contribution >= 0.6 is 15.6 Å². The van der Waals surface area contributed by atoms with Gasteiger partial charge >= 0.3 is 33.6 Å². The number of aliphatic hydroxyl groups is 2. The number of ether oxygens (including phenoxy) is 3. The van der Waals surface area contributed by atoms with E-state index in [2.05, 4.69) is 179 Å². The van der Waals surface area contributed by atoms with Crippen molar-refractivity contribution in [1.82, 2.24) is 0 Å². The summed E-state index contributed by atoms with van der Waals surface area (Å²) in [6.07, 6.45) is 102. The molecule has 0 saturated heterocycles. The second kappa shape index (κ2) is 80.7. The fourth-order valence-electron chi connectivity index (χ4n) is 10.9. The van der Waals surface area contributed by atoms with Gasteiger partial charge in [-0.2, -0.15) is 0 Å². The van der Waals surface area contributed by atoms with Gasteiger partial charge in [0, 0.05) is 19.3 Å². The van der Waals surface area contributed by atoms with Gasteiger partial charge in [-0.15, -0.1) is 0 Å². The highest BCUT2D eigenvalue weighted by molar-refractivity contribution is 7.47. The monoisotopic (exact) mass is 1540 g/mol. The Kier molecular flexibility index (Phi) is 77.0. The van der Waals surface area contributed by atoms with Crippen molar-refractivity contribution in [3.63, 3.8) is 0 Å². The summed E-state index contributed by atoms with van der Waals surface area (Å²) in [5.74, 6) is -1.60. The lowest BCUT2D eigenvalue weighted by atomic mass is 10.0. The smallest absolute Gasteiger partial charge is 0.463 e. The maximum atomic E-state index is 12.9. The Hall–Kier alpha value is -4.83. The molecule has 0 aliphatic rings. The molecule has 107 heavy (non-hydrogen) atoms. The second-order valence-corrected chi connectivity index (χ2v) is 30.4. The molecule has 0 aromatic rings. The van der Waals surface area contributed by atoms with Gasteiger partial charge < -0.3 is 34.2 Å². The van der Waals surface area contributed by atoms with Crippen LogP contribution in [0.15, 0.2) is 158 Å². The van der Waals surface area contributed by atoms with Gasteiger partial charge in [0.2, 0.25) is 0 Å². The minimum Gasteiger partial charge on any atom is -0.463 e. The number of hydrogen-bond donors (Lipinski definition) is 4. The van der Waals surface area contributed by atoms with E-state index < -0.39 is 91.5 Å². The van der Waals surface area contributed by atoms with Crippen molar-refractivity contribution in [2.75, 3.05) is 39.6 Å². The van der Waals surface area contributed by atoms with Crippen LogP contribution in [0.25, 0.3) is 0 Å². The lowest BCUT2D eigenvalue weighted by molar-refractivity contribution is -0.161. The first-order valence-electron chi connectivity index (χ1n) is 41.8. The van der Waals surface area contributed by atoms with Crippen LogP contribution in [0.3, 0.4) is 0 Å². The third kappa shape index (κ3) is 82.0. The summed E-state index contributed by atoms with van der Waals surface area (Å²) in [6, 6.07) is 0. The topological polar surface area (TPSA) is 231 Å². The zero-order valence-corrected chi connectivity index (χ0v) is 68.8. The van der Waals surface area contributed by atoms with Gasteiger partial charge in [0.25, 0.3) is 0 Å². The number of phosphoric ester groups is 2. The molecule has 16 nitrogen and oxygen atoms in total. The van der Waals surface area contributed by atoms with E-state index in [1.807, 2.05) is 0 Å². The number of phosphoric acid groups is 2. The molecule has 0 fully saturated rings. The summed E-state index contributed by atoms with van der Waals surface area (Å²) < 4.78 is 61.1. The molecule has 0 aliphatic carbocycles. The van der Waals surface area contributed by atoms with Crippen molar-refractivity contribution in [3.05, 3.63) is 158 Å². The van der Waals surface area contributed by atoms with Gasteiger partial charge in [0.1, 0.15) is 25.4 Å². The Morgan fingerprint density at radius 3 is 0.794 bits per heavy atom. The minimum absolute atomic E-state index is 0.0890. The first kappa shape index (κ1) is 102. The SMILES string of the molecule is CC/C=C\C/C=C\C/C=C\C/C=C\C/C=C\C/C=C\CCCCCCCCCCCCCCCCC(=O)OCC(O)COP(=O)(O)OCC(O)COP(=O)(O)OCC(COC(=O)CCCCCCCCCC/C=C\C/C=C\C/C=C\C/C=C\C/C=C\C/C=C\CC)OC(=O)CCCCCCC/C=C\CCCC. The van der Waals surface area contributed by atoms with E-state index in [1.54, 1.807) is 0 Å². The van der Waals surface area contributed by atoms with E-state index in [9.17, 15) is 43.5 Å². The number of unbranched alkanes of at least 4 members (excludes halogenated alkanes) is 29. The van der Waals surface area contributed by atoms with Gasteiger partial charge in [-0.3, -0.25) is 32.5 Å². The molecule has 0 aromatic carbocycles. The second-order valence-electron chi connectivity index (χ2n) is 27.5. The molecule has 0 saturated carbocycles. The molecule has 0 aliphatic heterocycles. The van der Waals surface area contributed by atoms with Gasteiger partial charge in [0.15, 0.2) is 6.10 Å². The molecular formula is C89H150O16P2. The highest BCUT2D eigenvalue weighted by Gasteiger charge is 2.29. The van der Waals surface area contributed by atoms with Crippen LogP contribution in [0.1, 0.15) is 329 Å². The summed E-state index contributed by atoms with van der Waals surface area (Å²) in [5.41, 5.74) is 0. The molecule has 0 aromatic heterocycles. The van der Waals surface area contributed by atoms with Gasteiger partial charge in [-0.1, -0.05) is 326 Å². The van der Waals surface area contributed by atoms with Crippen molar-refractivity contribution < 1.29 is 75.8 Å². The largest absolute Gasteiger partial charge is 0.472 e. The highest BCUT2D eigenvalue weighted by atomic mass is 31.2. The van der Waals surface area contributed by atoms with Crippen LogP contribution in [-0.4, -0.2) is 95.9 Å². The van der Waals surface area contributed by atoms with Gasteiger partial charge in [0.05, 0.1) is 26.4 Å². The highest BCUT2D eigenvalue weighted by Crippen LogP contribution is 2.45. The standard InChI is InChI=1S/C89H150O16P2/c1-4-7-10-13-16-19-22-24-26-28-30-32-34-36-38-39-40-41-42-43-45-47-48-50-52-54-56-58-61-63-66-69-72-75-87(92)99-78-84(90)79-101-106(95,96)102-80-85(91)81-103-107(97,98)104-83-86(105-89(94)77-74-71-68-65-60-21-18-15-12-9-6-3)82-100-88(93)76-73-70-67-64-62-59-57-55-53-51-49-46-44-37-35-33-31-29-27-25-23-20-17-14-11-8-5-2/h7-8,10-11,15-20,24-27,30-33,36-38,40-41,44,49,51,84-86,90-91H,4-6,9,12-14,21-23,28-29,34-35,39,42-43,45-48,50,52-83H2,1-3H3,(H,95,96)(H,97,98)/b10-7-,11-8-,18-15-,19-16-,20-17-,26-24-,27-25-,32-30-,33-31-,38-36-,41-40-,44-37-,51-49-. The number of allylic oxidation sites excluding steroid dienone is 26. The number of carbonyl (C=O) groups is 3. The van der Waals surface area contributed by atoms with Crippen LogP contribution in [0, 0.1) is 0 Å². The fraction of sp³-hybridized carbons (Fsp3) is 0.674. The summed E-state index contributed by atoms with van der Waals surface area (Å²) in [5, 5.41) is 20.6. The fourth-order valence-corrected chi connectivity index (χ4v) is 12.5. The first-order chi connectivity index (χ1) is 52.2. The summed E-state index contributed by atoms with van der Waals surface area (Å²) >= 11 is 0. The Morgan fingerprint density at radius 1 is 0.271 bits per heavy atom. The van der Waals surface area contributed by atoms with Crippen LogP contribution in [0.2, 0.25) is 0 Å². The molecule has 0 spiro atoms. The first-order valence-corrected chi connectivity index (χ1v) is 44.8. The van der Waals surface area contributed by atoms with Crippen molar-refractivity contribution in [3.8, 4) is 0 Å². The van der Waals surface area contributed by atoms with E-state index in [1.165, 1.54) is 89.9 Å². The van der Waals surface area contributed by atoms with Crippen LogP contribution in [-0.2, 0) is 55.8 Å². The Bertz CT molecular complexity index is 2580. The molecule has 18 heteroatoms. The average molecular weight is 1540 g/mol. The predicted octanol–water partition coefficient (Wildman–Crippen LogP) is 25.0. The van der Waals surface area contributed by atoms with E-state index in [-0.39, 0.29) is 19.3 Å². The van der Waals surface area contributed by atoms with Gasteiger partial charge in [-0.05, 0) is 141 Å². The Balaban J connectivity index is 4.41. The lowest BCUT2D eigenvalue weighted by Gasteiger charge is -2.21. The summed E-state index contributed by atoms with van der Waals surface area (Å²) in [6.45, 7) is 2.40. The van der Waals surface area contributed by atoms with Crippen molar-refractivity contribution in [2.24, 2.45) is 0 Å². The van der Waals surface area contributed by atoms with E-state index >= 15 is 0 Å². The van der Waals surface area contributed by atoms with Gasteiger partial charge in [-0.25, -0.2) is 9.13 Å². The van der Waals surface area contributed by atoms with Crippen molar-refractivity contribution in [2.45, 2.75) is 347 Å². The van der Waals surface area contributed by atoms with E-state index in [0.29, 0.717) is 19.3 Å². The zero-order valence-electron chi connectivity index (χ0n) is 67.0. The Morgan fingerprint density at radius 2 is 0.495 bits per heavy atom. The minimum atomic E-state index is -4.94. The molecule has 0 rings (SSSR count). The van der Waals surface area contributed by atoms with Crippen LogP contribution in [0.5, 0.6) is 0 Å². The summed E-state index contributed by atoms with van der Waals surface area (Å²) in [7, 11) is -9.80. The average Bonchev–Trinajstić information content (AvgIpc) is 0.940. The predicted molar refractivity (Wildman–Crippen MR) is 445 cm³/mol. The normalized spacial score (nSPS) is 14.7. The molecule has 5 unspecified atom stereocenters. The molecular weight excluding hydrogens is 1390 g/mol. The molecule has 4 N–H and O–H groups in total. The van der Waals surface area contributed by atoms with Crippen LogP contribution < -0.4 is 0 Å². The molecule has 0 radical (unpaired) electrons. The molecule has 5 atom stereocenters. The third-order valence-corrected chi connectivity index (χ3v) is 19.1. The van der Waals surface area contributed by atoms with Crippen molar-refractivity contribution in [1.29, 1.82) is 0 Å². The lowest BCUT2D eigenvalue weighted by Crippen LogP contribution is -2.30. The Labute approximate surface area is 650 Å². The summed E-state index contributed by atoms with van der Waals surface area (Å²) in [4.78, 5) is 58.6. The van der Waals surface area contributed by atoms with E-state index in [4.69, 9.17) is 32.3 Å². The number of esters is 3. The maximum absolute atomic E-state index is 12.9. The van der Waals surface area contributed by atoms with Crippen molar-refractivity contribution >= 4 is 33.6 Å². The number of hydrogen-bond acceptors (Lipinski definition) is 14. The number of rotatable bonds is 78. The van der Waals surface area contributed by atoms with Crippen LogP contribution in [0.4, 0.5) is 0 Å². The zero-order chi connectivity index (χ0) is 78.0. The molecule has 0 bridgehead atoms. The molecule has 0 amide bonds. The third-order valence-electron chi connectivity index (χ3n) is 17.2. The molecule has 612 valence electrons. The maximum Gasteiger partial charge on any atom is 0.472 e. The van der Waals surface area contributed by atoms with E-state index in [0.717, 1.165) is 180 Å².